The van der Waals surface area contributed by atoms with E-state index in [0.29, 0.717) is 24.6 Å². The van der Waals surface area contributed by atoms with Gasteiger partial charge in [0.1, 0.15) is 17.8 Å². The van der Waals surface area contributed by atoms with Crippen LogP contribution in [0.4, 0.5) is 5.82 Å². The average Bonchev–Trinajstić information content (AvgIpc) is 2.58. The van der Waals surface area contributed by atoms with E-state index in [4.69, 9.17) is 0 Å². The number of anilines is 1. The smallest absolute Gasteiger partial charge is 0.270 e. The first-order valence-corrected chi connectivity index (χ1v) is 7.53. The molecule has 0 saturated heterocycles. The van der Waals surface area contributed by atoms with Crippen molar-refractivity contribution in [3.8, 4) is 0 Å². The van der Waals surface area contributed by atoms with Gasteiger partial charge in [-0.25, -0.2) is 9.97 Å². The van der Waals surface area contributed by atoms with Crippen LogP contribution in [0, 0.1) is 0 Å². The predicted octanol–water partition coefficient (Wildman–Crippen LogP) is 1.17. The minimum atomic E-state index is -0.185. The van der Waals surface area contributed by atoms with Gasteiger partial charge in [0.05, 0.1) is 0 Å². The molecule has 0 aliphatic heterocycles. The van der Waals surface area contributed by atoms with E-state index in [0.717, 1.165) is 18.5 Å². The zero-order valence-corrected chi connectivity index (χ0v) is 13.5. The molecule has 0 bridgehead atoms. The molecule has 7 heteroatoms. The first-order chi connectivity index (χ1) is 11.1. The number of carbonyl (C=O) groups is 1. The molecule has 2 N–H and O–H groups in total. The van der Waals surface area contributed by atoms with Gasteiger partial charge < -0.3 is 15.5 Å². The van der Waals surface area contributed by atoms with Crippen molar-refractivity contribution in [3.05, 3.63) is 48.2 Å². The third-order valence-corrected chi connectivity index (χ3v) is 3.16. The van der Waals surface area contributed by atoms with Gasteiger partial charge in [-0.2, -0.15) is 0 Å². The molecule has 0 unspecified atom stereocenters. The van der Waals surface area contributed by atoms with Gasteiger partial charge in [-0.15, -0.1) is 0 Å². The fourth-order valence-electron chi connectivity index (χ4n) is 1.96. The van der Waals surface area contributed by atoms with Crippen LogP contribution < -0.4 is 10.6 Å². The summed E-state index contributed by atoms with van der Waals surface area (Å²) in [5.41, 5.74) is 1.40. The van der Waals surface area contributed by atoms with Crippen molar-refractivity contribution in [2.24, 2.45) is 0 Å². The second-order valence-corrected chi connectivity index (χ2v) is 5.42. The maximum Gasteiger partial charge on any atom is 0.270 e. The van der Waals surface area contributed by atoms with Gasteiger partial charge >= 0.3 is 0 Å². The monoisotopic (exact) mass is 314 g/mol. The molecule has 0 aliphatic rings. The summed E-state index contributed by atoms with van der Waals surface area (Å²) in [4.78, 5) is 26.3. The quantitative estimate of drug-likeness (QED) is 0.712. The van der Waals surface area contributed by atoms with E-state index < -0.39 is 0 Å². The Morgan fingerprint density at radius 3 is 2.91 bits per heavy atom. The molecule has 0 aromatic carbocycles. The number of hydrogen-bond acceptors (Lipinski definition) is 6. The summed E-state index contributed by atoms with van der Waals surface area (Å²) < 4.78 is 0. The molecule has 2 rings (SSSR count). The maximum atomic E-state index is 12.1. The summed E-state index contributed by atoms with van der Waals surface area (Å²) in [6, 6.07) is 5.50. The predicted molar refractivity (Wildman–Crippen MR) is 89.1 cm³/mol. The van der Waals surface area contributed by atoms with E-state index in [1.165, 1.54) is 6.33 Å². The van der Waals surface area contributed by atoms with Crippen molar-refractivity contribution in [2.45, 2.75) is 13.0 Å². The Morgan fingerprint density at radius 1 is 1.30 bits per heavy atom. The SMILES string of the molecule is CN(C)CCCNC(=O)c1cc(NCc2cccnc2)ncn1. The number of carbonyl (C=O) groups excluding carboxylic acids is 1. The standard InChI is InChI=1S/C16H22N6O/c1-22(2)8-4-7-18-16(23)14-9-15(21-12-20-14)19-11-13-5-3-6-17-10-13/h3,5-6,9-10,12H,4,7-8,11H2,1-2H3,(H,18,23)(H,19,20,21). The van der Waals surface area contributed by atoms with E-state index in [2.05, 4.69) is 30.5 Å². The fraction of sp³-hybridized carbons (Fsp3) is 0.375. The van der Waals surface area contributed by atoms with Crippen LogP contribution in [-0.4, -0.2) is 52.9 Å². The second-order valence-electron chi connectivity index (χ2n) is 5.42. The van der Waals surface area contributed by atoms with E-state index >= 15 is 0 Å². The molecule has 122 valence electrons. The molecule has 23 heavy (non-hydrogen) atoms. The second kappa shape index (κ2) is 8.79. The van der Waals surface area contributed by atoms with Gasteiger partial charge in [-0.3, -0.25) is 9.78 Å². The van der Waals surface area contributed by atoms with E-state index in [1.807, 2.05) is 26.2 Å². The fourth-order valence-corrected chi connectivity index (χ4v) is 1.96. The lowest BCUT2D eigenvalue weighted by molar-refractivity contribution is 0.0947. The summed E-state index contributed by atoms with van der Waals surface area (Å²) in [6.07, 6.45) is 5.80. The van der Waals surface area contributed by atoms with Crippen molar-refractivity contribution < 1.29 is 4.79 Å². The number of rotatable bonds is 8. The van der Waals surface area contributed by atoms with Crippen LogP contribution in [-0.2, 0) is 6.54 Å². The van der Waals surface area contributed by atoms with Crippen LogP contribution >= 0.6 is 0 Å². The van der Waals surface area contributed by atoms with Crippen molar-refractivity contribution in [2.75, 3.05) is 32.5 Å². The third-order valence-electron chi connectivity index (χ3n) is 3.16. The summed E-state index contributed by atoms with van der Waals surface area (Å²) >= 11 is 0. The zero-order chi connectivity index (χ0) is 16.5. The molecule has 0 spiro atoms. The van der Waals surface area contributed by atoms with Gasteiger partial charge in [0.2, 0.25) is 0 Å². The number of hydrogen-bond donors (Lipinski definition) is 2. The molecule has 0 saturated carbocycles. The first kappa shape index (κ1) is 16.8. The van der Waals surface area contributed by atoms with Crippen molar-refractivity contribution in [1.82, 2.24) is 25.2 Å². The summed E-state index contributed by atoms with van der Waals surface area (Å²) in [5.74, 6) is 0.429. The van der Waals surface area contributed by atoms with Gasteiger partial charge in [-0.05, 0) is 38.7 Å². The topological polar surface area (TPSA) is 83.0 Å². The Balaban J connectivity index is 1.85. The van der Waals surface area contributed by atoms with Crippen LogP contribution in [0.1, 0.15) is 22.5 Å². The van der Waals surface area contributed by atoms with Crippen LogP contribution in [0.5, 0.6) is 0 Å². The first-order valence-electron chi connectivity index (χ1n) is 7.53. The van der Waals surface area contributed by atoms with E-state index in [-0.39, 0.29) is 5.91 Å². The minimum absolute atomic E-state index is 0.185. The van der Waals surface area contributed by atoms with Crippen LogP contribution in [0.25, 0.3) is 0 Å². The molecule has 7 nitrogen and oxygen atoms in total. The highest BCUT2D eigenvalue weighted by Crippen LogP contribution is 2.06. The number of nitrogens with zero attached hydrogens (tertiary/aromatic N) is 4. The molecule has 2 aromatic heterocycles. The average molecular weight is 314 g/mol. The zero-order valence-electron chi connectivity index (χ0n) is 13.5. The number of pyridine rings is 1. The summed E-state index contributed by atoms with van der Waals surface area (Å²) in [5, 5.41) is 6.02. The summed E-state index contributed by atoms with van der Waals surface area (Å²) in [6.45, 7) is 2.15. The van der Waals surface area contributed by atoms with Gasteiger partial charge in [0.25, 0.3) is 5.91 Å². The molecule has 0 atom stereocenters. The molecular formula is C16H22N6O. The van der Waals surface area contributed by atoms with Crippen LogP contribution in [0.15, 0.2) is 36.9 Å². The molecule has 0 fully saturated rings. The largest absolute Gasteiger partial charge is 0.366 e. The Morgan fingerprint density at radius 2 is 2.17 bits per heavy atom. The lowest BCUT2D eigenvalue weighted by Gasteiger charge is -2.10. The normalized spacial score (nSPS) is 10.6. The lowest BCUT2D eigenvalue weighted by atomic mass is 10.3. The Labute approximate surface area is 136 Å². The highest BCUT2D eigenvalue weighted by Gasteiger charge is 2.08. The van der Waals surface area contributed by atoms with Crippen LogP contribution in [0.2, 0.25) is 0 Å². The maximum absolute atomic E-state index is 12.1. The van der Waals surface area contributed by atoms with E-state index in [1.54, 1.807) is 18.5 Å². The number of amides is 1. The number of aromatic nitrogens is 3. The molecule has 1 amide bonds. The van der Waals surface area contributed by atoms with Gasteiger partial charge in [-0.1, -0.05) is 6.07 Å². The molecule has 2 aromatic rings. The number of nitrogens with one attached hydrogen (secondary N) is 2. The lowest BCUT2D eigenvalue weighted by Crippen LogP contribution is -2.27. The Bertz CT molecular complexity index is 617. The Kier molecular flexibility index (Phi) is 6.43. The molecule has 0 aliphatic carbocycles. The minimum Gasteiger partial charge on any atom is -0.366 e. The highest BCUT2D eigenvalue weighted by atomic mass is 16.1. The van der Waals surface area contributed by atoms with Crippen LogP contribution in [0.3, 0.4) is 0 Å². The molecule has 0 radical (unpaired) electrons. The van der Waals surface area contributed by atoms with Crippen molar-refractivity contribution >= 4 is 11.7 Å². The van der Waals surface area contributed by atoms with Gasteiger partial charge in [0, 0.05) is 31.5 Å². The Hall–Kier alpha value is -2.54. The van der Waals surface area contributed by atoms with E-state index in [9.17, 15) is 4.79 Å². The highest BCUT2D eigenvalue weighted by molar-refractivity contribution is 5.92. The molecular weight excluding hydrogens is 292 g/mol. The molecule has 2 heterocycles. The van der Waals surface area contributed by atoms with Crippen molar-refractivity contribution in [3.63, 3.8) is 0 Å². The summed E-state index contributed by atoms with van der Waals surface area (Å²) in [7, 11) is 4.01. The van der Waals surface area contributed by atoms with Gasteiger partial charge in [0.15, 0.2) is 0 Å². The van der Waals surface area contributed by atoms with Crippen molar-refractivity contribution in [1.29, 1.82) is 0 Å². The third kappa shape index (κ3) is 5.99.